The lowest BCUT2D eigenvalue weighted by atomic mass is 9.86. The fourth-order valence-corrected chi connectivity index (χ4v) is 9.49. The van der Waals surface area contributed by atoms with Crippen LogP contribution in [-0.4, -0.2) is 4.57 Å². The summed E-state index contributed by atoms with van der Waals surface area (Å²) in [5, 5.41) is 1.62. The van der Waals surface area contributed by atoms with Crippen LogP contribution < -0.4 is 4.90 Å². The minimum Gasteiger partial charge on any atom is -0.310 e. The van der Waals surface area contributed by atoms with E-state index in [1.54, 1.807) is 0 Å². The minimum absolute atomic E-state index is 0.314. The molecule has 242 valence electrons. The molecule has 1 aromatic heterocycles. The van der Waals surface area contributed by atoms with E-state index < -0.39 is 0 Å². The second-order valence-corrected chi connectivity index (χ2v) is 14.5. The Morgan fingerprint density at radius 2 is 1.02 bits per heavy atom. The monoisotopic (exact) mass is 670 g/mol. The molecule has 0 fully saturated rings. The number of benzene rings is 7. The molecule has 2 aliphatic rings. The fraction of sp³-hybridized carbons (Fsp3) is 0.0417. The predicted octanol–water partition coefficient (Wildman–Crippen LogP) is 13.4. The van der Waals surface area contributed by atoms with E-state index >= 15 is 0 Å². The van der Waals surface area contributed by atoms with Crippen molar-refractivity contribution in [1.82, 2.24) is 4.57 Å². The van der Waals surface area contributed by atoms with Gasteiger partial charge in [-0.3, -0.25) is 0 Å². The molecule has 51 heavy (non-hydrogen) atoms. The normalized spacial score (nSPS) is 15.7. The molecule has 0 radical (unpaired) electrons. The van der Waals surface area contributed by atoms with Crippen molar-refractivity contribution in [2.75, 3.05) is 4.90 Å². The number of anilines is 3. The average Bonchev–Trinajstić information content (AvgIpc) is 3.75. The number of aromatic nitrogens is 1. The van der Waals surface area contributed by atoms with Gasteiger partial charge in [0.1, 0.15) is 0 Å². The Kier molecular flexibility index (Phi) is 7.25. The van der Waals surface area contributed by atoms with Gasteiger partial charge < -0.3 is 9.47 Å². The minimum atomic E-state index is 0.314. The standard InChI is InChI=1S/C48H34N2S/c1-4-12-33(13-5-1)35-20-24-38(25-21-35)49(39-26-22-36(23-27-39)34-14-6-2-7-15-34)40-28-30-44-43(32-40)47-45(50(44)37-16-8-3-9-17-37)31-29-42-41-18-10-11-19-46(41)51-48(42)47/h1-32,42,48H. The van der Waals surface area contributed by atoms with Crippen LogP contribution in [0.25, 0.3) is 44.9 Å². The molecule has 0 saturated carbocycles. The van der Waals surface area contributed by atoms with E-state index in [4.69, 9.17) is 0 Å². The summed E-state index contributed by atoms with van der Waals surface area (Å²) < 4.78 is 2.46. The summed E-state index contributed by atoms with van der Waals surface area (Å²) in [6, 6.07) is 66.0. The highest BCUT2D eigenvalue weighted by molar-refractivity contribution is 8.00. The van der Waals surface area contributed by atoms with Crippen molar-refractivity contribution in [3.63, 3.8) is 0 Å². The van der Waals surface area contributed by atoms with Crippen LogP contribution in [0.15, 0.2) is 193 Å². The summed E-state index contributed by atoms with van der Waals surface area (Å²) >= 11 is 2.01. The molecule has 0 amide bonds. The summed E-state index contributed by atoms with van der Waals surface area (Å²) in [5.74, 6) is 0.351. The van der Waals surface area contributed by atoms with Crippen molar-refractivity contribution < 1.29 is 0 Å². The molecule has 10 rings (SSSR count). The van der Waals surface area contributed by atoms with Crippen LogP contribution in [0.2, 0.25) is 0 Å². The number of allylic oxidation sites excluding steroid dienone is 1. The molecule has 2 nitrogen and oxygen atoms in total. The lowest BCUT2D eigenvalue weighted by Gasteiger charge is -2.26. The second-order valence-electron chi connectivity index (χ2n) is 13.3. The number of hydrogen-bond donors (Lipinski definition) is 0. The quantitative estimate of drug-likeness (QED) is 0.174. The van der Waals surface area contributed by atoms with Crippen molar-refractivity contribution in [2.24, 2.45) is 0 Å². The van der Waals surface area contributed by atoms with E-state index in [9.17, 15) is 0 Å². The van der Waals surface area contributed by atoms with Gasteiger partial charge in [0.15, 0.2) is 0 Å². The van der Waals surface area contributed by atoms with Crippen LogP contribution in [0.5, 0.6) is 0 Å². The maximum atomic E-state index is 2.46. The Hall–Kier alpha value is -6.03. The summed E-state index contributed by atoms with van der Waals surface area (Å²) in [5.41, 5.74) is 14.8. The molecule has 1 aliphatic heterocycles. The SMILES string of the molecule is C1=CC2c3ccccc3SC2c2c1n(-c1ccccc1)c1ccc(N(c3ccc(-c4ccccc4)cc3)c3ccc(-c4ccccc4)cc3)cc21. The number of thioether (sulfide) groups is 1. The Morgan fingerprint density at radius 1 is 0.490 bits per heavy atom. The third kappa shape index (κ3) is 5.12. The number of rotatable bonds is 6. The van der Waals surface area contributed by atoms with Gasteiger partial charge in [0.2, 0.25) is 0 Å². The molecule has 2 heterocycles. The molecule has 8 aromatic rings. The number of hydrogen-bond acceptors (Lipinski definition) is 2. The van der Waals surface area contributed by atoms with Gasteiger partial charge in [-0.2, -0.15) is 0 Å². The Balaban J connectivity index is 1.15. The lowest BCUT2D eigenvalue weighted by Crippen LogP contribution is -2.10. The number of para-hydroxylation sites is 1. The van der Waals surface area contributed by atoms with Crippen LogP contribution in [0.3, 0.4) is 0 Å². The third-order valence-electron chi connectivity index (χ3n) is 10.4. The predicted molar refractivity (Wildman–Crippen MR) is 216 cm³/mol. The topological polar surface area (TPSA) is 8.17 Å². The maximum Gasteiger partial charge on any atom is 0.0539 e. The summed E-state index contributed by atoms with van der Waals surface area (Å²) in [6.45, 7) is 0. The molecule has 0 bridgehead atoms. The third-order valence-corrected chi connectivity index (χ3v) is 11.8. The summed E-state index contributed by atoms with van der Waals surface area (Å²) in [4.78, 5) is 3.79. The number of nitrogens with zero attached hydrogens (tertiary/aromatic N) is 2. The first-order valence-corrected chi connectivity index (χ1v) is 18.5. The van der Waals surface area contributed by atoms with E-state index in [0.717, 1.165) is 17.1 Å². The second kappa shape index (κ2) is 12.4. The van der Waals surface area contributed by atoms with Gasteiger partial charge in [-0.05, 0) is 100 Å². The van der Waals surface area contributed by atoms with Crippen LogP contribution in [-0.2, 0) is 0 Å². The molecule has 2 unspecified atom stereocenters. The first-order chi connectivity index (χ1) is 25.3. The van der Waals surface area contributed by atoms with Crippen molar-refractivity contribution >= 4 is 45.8 Å². The van der Waals surface area contributed by atoms with Crippen LogP contribution in [0.1, 0.15) is 28.0 Å². The average molecular weight is 671 g/mol. The first kappa shape index (κ1) is 29.8. The van der Waals surface area contributed by atoms with Gasteiger partial charge in [0, 0.05) is 44.2 Å². The van der Waals surface area contributed by atoms with Crippen LogP contribution in [0, 0.1) is 0 Å². The fourth-order valence-electron chi connectivity index (χ4n) is 7.97. The Labute approximate surface area is 303 Å². The van der Waals surface area contributed by atoms with Gasteiger partial charge in [-0.1, -0.05) is 127 Å². The molecule has 7 aromatic carbocycles. The molecule has 2 atom stereocenters. The first-order valence-electron chi connectivity index (χ1n) is 17.6. The van der Waals surface area contributed by atoms with E-state index in [-0.39, 0.29) is 0 Å². The zero-order valence-corrected chi connectivity index (χ0v) is 28.7. The van der Waals surface area contributed by atoms with E-state index in [0.29, 0.717) is 11.2 Å². The molecular weight excluding hydrogens is 637 g/mol. The van der Waals surface area contributed by atoms with E-state index in [1.807, 2.05) is 11.8 Å². The van der Waals surface area contributed by atoms with E-state index in [1.165, 1.54) is 60.6 Å². The van der Waals surface area contributed by atoms with Crippen molar-refractivity contribution in [2.45, 2.75) is 16.1 Å². The Morgan fingerprint density at radius 3 is 1.65 bits per heavy atom. The largest absolute Gasteiger partial charge is 0.310 e. The number of fused-ring (bicyclic) bond motifs is 7. The molecule has 3 heteroatoms. The summed E-state index contributed by atoms with van der Waals surface area (Å²) in [7, 11) is 0. The molecule has 0 spiro atoms. The van der Waals surface area contributed by atoms with Crippen LogP contribution >= 0.6 is 11.8 Å². The highest BCUT2D eigenvalue weighted by atomic mass is 32.2. The van der Waals surface area contributed by atoms with Gasteiger partial charge in [0.25, 0.3) is 0 Å². The molecule has 0 N–H and O–H groups in total. The smallest absolute Gasteiger partial charge is 0.0539 e. The lowest BCUT2D eigenvalue weighted by molar-refractivity contribution is 0.817. The summed E-state index contributed by atoms with van der Waals surface area (Å²) in [6.07, 6.45) is 4.80. The van der Waals surface area contributed by atoms with Crippen molar-refractivity contribution in [1.29, 1.82) is 0 Å². The van der Waals surface area contributed by atoms with Gasteiger partial charge in [0.05, 0.1) is 11.2 Å². The van der Waals surface area contributed by atoms with Crippen molar-refractivity contribution in [3.05, 3.63) is 205 Å². The van der Waals surface area contributed by atoms with E-state index in [2.05, 4.69) is 204 Å². The van der Waals surface area contributed by atoms with Crippen LogP contribution in [0.4, 0.5) is 17.1 Å². The highest BCUT2D eigenvalue weighted by Gasteiger charge is 2.39. The zero-order valence-electron chi connectivity index (χ0n) is 27.9. The van der Waals surface area contributed by atoms with Gasteiger partial charge in [-0.25, -0.2) is 0 Å². The Bertz CT molecular complexity index is 2450. The van der Waals surface area contributed by atoms with Crippen molar-refractivity contribution in [3.8, 4) is 27.9 Å². The molecule has 1 aliphatic carbocycles. The highest BCUT2D eigenvalue weighted by Crippen LogP contribution is 2.59. The molecular formula is C48H34N2S. The van der Waals surface area contributed by atoms with Gasteiger partial charge >= 0.3 is 0 Å². The van der Waals surface area contributed by atoms with Gasteiger partial charge in [-0.15, -0.1) is 11.8 Å². The zero-order chi connectivity index (χ0) is 33.7. The maximum absolute atomic E-state index is 2.46. The molecule has 0 saturated heterocycles.